The second kappa shape index (κ2) is 11.3. The number of pyridine rings is 1. The van der Waals surface area contributed by atoms with E-state index in [-0.39, 0.29) is 0 Å². The van der Waals surface area contributed by atoms with Gasteiger partial charge in [-0.2, -0.15) is 5.10 Å². The molecule has 2 N–H and O–H groups in total. The summed E-state index contributed by atoms with van der Waals surface area (Å²) in [4.78, 5) is 24.4. The fraction of sp³-hybridized carbons (Fsp3) is 0.118. The van der Waals surface area contributed by atoms with Crippen LogP contribution in [0.1, 0.15) is 21.5 Å². The van der Waals surface area contributed by atoms with E-state index in [1.165, 1.54) is 17.2 Å². The molecule has 1 amide bonds. The molecule has 3 aromatic carbocycles. The van der Waals surface area contributed by atoms with Crippen LogP contribution in [0, 0.1) is 11.6 Å². The van der Waals surface area contributed by atoms with Crippen molar-refractivity contribution < 1.29 is 13.6 Å². The van der Waals surface area contributed by atoms with Crippen molar-refractivity contribution in [1.29, 1.82) is 0 Å². The Bertz CT molecular complexity index is 2020. The zero-order valence-electron chi connectivity index (χ0n) is 23.8. The number of nitrogens with one attached hydrogen (secondary N) is 2. The number of fused-ring (bicyclic) bond motifs is 2. The lowest BCUT2D eigenvalue weighted by atomic mass is 9.99. The van der Waals surface area contributed by atoms with Crippen LogP contribution in [0.4, 0.5) is 26.1 Å². The highest BCUT2D eigenvalue weighted by atomic mass is 19.1. The smallest absolute Gasteiger partial charge is 0.261 e. The fourth-order valence-corrected chi connectivity index (χ4v) is 5.57. The minimum Gasteiger partial charge on any atom is -0.324 e. The number of hydrogen-bond acceptors (Lipinski definition) is 6. The van der Waals surface area contributed by atoms with Crippen LogP contribution < -0.4 is 10.6 Å². The first-order chi connectivity index (χ1) is 21.4. The van der Waals surface area contributed by atoms with E-state index in [9.17, 15) is 13.6 Å². The summed E-state index contributed by atoms with van der Waals surface area (Å²) in [5.74, 6) is -2.30. The maximum Gasteiger partial charge on any atom is 0.261 e. The molecule has 44 heavy (non-hydrogen) atoms. The Hall–Kier alpha value is -5.48. The number of aromatic nitrogens is 4. The van der Waals surface area contributed by atoms with Gasteiger partial charge < -0.3 is 15.5 Å². The summed E-state index contributed by atoms with van der Waals surface area (Å²) in [5.41, 5.74) is 6.82. The van der Waals surface area contributed by atoms with Crippen LogP contribution >= 0.6 is 0 Å². The third-order valence-electron chi connectivity index (χ3n) is 7.70. The van der Waals surface area contributed by atoms with E-state index in [4.69, 9.17) is 10.1 Å². The minimum absolute atomic E-state index is 0.362. The molecule has 218 valence electrons. The van der Waals surface area contributed by atoms with E-state index < -0.39 is 23.1 Å². The van der Waals surface area contributed by atoms with Crippen molar-refractivity contribution in [2.45, 2.75) is 13.0 Å². The molecule has 0 fully saturated rings. The van der Waals surface area contributed by atoms with E-state index in [1.807, 2.05) is 42.6 Å². The van der Waals surface area contributed by atoms with Gasteiger partial charge in [0.1, 0.15) is 22.9 Å². The number of carbonyl (C=O) groups is 1. The number of amides is 1. The number of benzene rings is 3. The molecule has 10 heteroatoms. The van der Waals surface area contributed by atoms with Gasteiger partial charge in [0.2, 0.25) is 5.95 Å². The third kappa shape index (κ3) is 5.27. The normalized spacial score (nSPS) is 13.1. The summed E-state index contributed by atoms with van der Waals surface area (Å²) < 4.78 is 30.2. The molecule has 0 saturated heterocycles. The van der Waals surface area contributed by atoms with Crippen LogP contribution in [0.25, 0.3) is 28.0 Å². The maximum atomic E-state index is 14.2. The first-order valence-corrected chi connectivity index (χ1v) is 14.2. The number of rotatable bonds is 6. The molecule has 0 saturated carbocycles. The van der Waals surface area contributed by atoms with Crippen LogP contribution in [0.3, 0.4) is 0 Å². The molecule has 4 heterocycles. The molecule has 6 aromatic rings. The predicted molar refractivity (Wildman–Crippen MR) is 166 cm³/mol. The van der Waals surface area contributed by atoms with Gasteiger partial charge in [0.05, 0.1) is 16.8 Å². The second-order valence-electron chi connectivity index (χ2n) is 10.7. The summed E-state index contributed by atoms with van der Waals surface area (Å²) in [6.07, 6.45) is 4.58. The molecular formula is C34H27F2N7O. The quantitative estimate of drug-likeness (QED) is 0.225. The van der Waals surface area contributed by atoms with Crippen LogP contribution in [0.15, 0.2) is 97.3 Å². The van der Waals surface area contributed by atoms with Gasteiger partial charge >= 0.3 is 0 Å². The van der Waals surface area contributed by atoms with Gasteiger partial charge in [-0.3, -0.25) is 4.79 Å². The van der Waals surface area contributed by atoms with E-state index in [0.717, 1.165) is 48.4 Å². The standard InChI is InChI=1S/C34H27F2N7O/c1-42-17-14-21-11-12-25(19-23(21)20-42)39-34-37-15-13-28(40-34)31-29-10-2-3-16-43(29)41-32(31)22-6-4-7-24(18-22)38-33(44)30-26(35)8-5-9-27(30)36/h2-13,15-16,18-19H,14,17,20H2,1H3,(H,38,44)(H,37,39,40). The van der Waals surface area contributed by atoms with E-state index in [0.29, 0.717) is 28.6 Å². The summed E-state index contributed by atoms with van der Waals surface area (Å²) in [6.45, 7) is 1.94. The van der Waals surface area contributed by atoms with Gasteiger partial charge in [0.15, 0.2) is 0 Å². The van der Waals surface area contributed by atoms with Crippen LogP contribution in [-0.4, -0.2) is 44.0 Å². The lowest BCUT2D eigenvalue weighted by molar-refractivity contribution is 0.101. The van der Waals surface area contributed by atoms with Crippen LogP contribution in [0.2, 0.25) is 0 Å². The van der Waals surface area contributed by atoms with E-state index in [1.54, 1.807) is 28.9 Å². The third-order valence-corrected chi connectivity index (χ3v) is 7.70. The van der Waals surface area contributed by atoms with E-state index >= 15 is 0 Å². The largest absolute Gasteiger partial charge is 0.324 e. The van der Waals surface area contributed by atoms with E-state index in [2.05, 4.69) is 39.7 Å². The molecule has 1 aliphatic heterocycles. The second-order valence-corrected chi connectivity index (χ2v) is 10.7. The van der Waals surface area contributed by atoms with Gasteiger partial charge in [-0.15, -0.1) is 0 Å². The monoisotopic (exact) mass is 587 g/mol. The Labute approximate surface area is 252 Å². The van der Waals surface area contributed by atoms with Crippen LogP contribution in [-0.2, 0) is 13.0 Å². The number of hydrogen-bond donors (Lipinski definition) is 2. The minimum atomic E-state index is -0.933. The highest BCUT2D eigenvalue weighted by molar-refractivity contribution is 6.05. The van der Waals surface area contributed by atoms with Gasteiger partial charge in [-0.25, -0.2) is 23.3 Å². The lowest BCUT2D eigenvalue weighted by Crippen LogP contribution is -2.26. The van der Waals surface area contributed by atoms with Crippen LogP contribution in [0.5, 0.6) is 0 Å². The van der Waals surface area contributed by atoms with Crippen molar-refractivity contribution in [2.24, 2.45) is 0 Å². The van der Waals surface area contributed by atoms with Gasteiger partial charge in [0, 0.05) is 42.4 Å². The predicted octanol–water partition coefficient (Wildman–Crippen LogP) is 6.72. The van der Waals surface area contributed by atoms with Crippen molar-refractivity contribution in [3.05, 3.63) is 126 Å². The summed E-state index contributed by atoms with van der Waals surface area (Å²) in [7, 11) is 2.12. The topological polar surface area (TPSA) is 87.5 Å². The Morgan fingerprint density at radius 2 is 1.73 bits per heavy atom. The molecule has 8 nitrogen and oxygen atoms in total. The molecule has 0 spiro atoms. The summed E-state index contributed by atoms with van der Waals surface area (Å²) in [6, 6.07) is 24.2. The van der Waals surface area contributed by atoms with Gasteiger partial charge in [-0.05, 0) is 79.2 Å². The first kappa shape index (κ1) is 27.4. The number of likely N-dealkylation sites (N-methyl/N-ethyl adjacent to an activating group) is 1. The van der Waals surface area contributed by atoms with Gasteiger partial charge in [0.25, 0.3) is 5.91 Å². The molecule has 3 aromatic heterocycles. The molecule has 0 unspecified atom stereocenters. The van der Waals surface area contributed by atoms with Crippen molar-refractivity contribution in [1.82, 2.24) is 24.5 Å². The number of carbonyl (C=O) groups excluding carboxylic acids is 1. The fourth-order valence-electron chi connectivity index (χ4n) is 5.57. The lowest BCUT2D eigenvalue weighted by Gasteiger charge is -2.25. The summed E-state index contributed by atoms with van der Waals surface area (Å²) in [5, 5.41) is 10.8. The first-order valence-electron chi connectivity index (χ1n) is 14.2. The zero-order chi connectivity index (χ0) is 30.2. The molecule has 0 atom stereocenters. The molecule has 1 aliphatic rings. The molecule has 0 bridgehead atoms. The highest BCUT2D eigenvalue weighted by Gasteiger charge is 2.21. The van der Waals surface area contributed by atoms with Crippen molar-refractivity contribution in [3.63, 3.8) is 0 Å². The highest BCUT2D eigenvalue weighted by Crippen LogP contribution is 2.36. The van der Waals surface area contributed by atoms with Crippen molar-refractivity contribution in [2.75, 3.05) is 24.2 Å². The molecule has 7 rings (SSSR count). The Balaban J connectivity index is 1.24. The van der Waals surface area contributed by atoms with Crippen molar-refractivity contribution in [3.8, 4) is 22.5 Å². The SMILES string of the molecule is CN1CCc2ccc(Nc3nccc(-c4c(-c5cccc(NC(=O)c6c(F)cccc6F)c5)nn5ccccc45)n3)cc2C1. The Kier molecular flexibility index (Phi) is 7.03. The molecule has 0 radical (unpaired) electrons. The number of anilines is 3. The Morgan fingerprint density at radius 1 is 0.886 bits per heavy atom. The average Bonchev–Trinajstić information content (AvgIpc) is 3.41. The summed E-state index contributed by atoms with van der Waals surface area (Å²) >= 11 is 0. The maximum absolute atomic E-state index is 14.2. The number of halogens is 2. The number of nitrogens with zero attached hydrogens (tertiary/aromatic N) is 5. The zero-order valence-corrected chi connectivity index (χ0v) is 23.8. The van der Waals surface area contributed by atoms with Crippen molar-refractivity contribution >= 4 is 28.7 Å². The average molecular weight is 588 g/mol. The molecular weight excluding hydrogens is 560 g/mol. The Morgan fingerprint density at radius 3 is 2.59 bits per heavy atom. The van der Waals surface area contributed by atoms with Gasteiger partial charge in [-0.1, -0.05) is 30.3 Å². The molecule has 0 aliphatic carbocycles.